The summed E-state index contributed by atoms with van der Waals surface area (Å²) >= 11 is 6.53. The Labute approximate surface area is 170 Å². The SMILES string of the molecule is Cc1cn(C)c(C)c1-c1ccnc(Nc2ccc(N3CCOCC3)c(Cl)c2)n1. The molecule has 1 aliphatic heterocycles. The predicted octanol–water partition coefficient (Wildman–Crippen LogP) is 4.33. The number of hydrogen-bond acceptors (Lipinski definition) is 5. The van der Waals surface area contributed by atoms with Gasteiger partial charge in [-0.3, -0.25) is 0 Å². The third-order valence-corrected chi connectivity index (χ3v) is 5.44. The van der Waals surface area contributed by atoms with Gasteiger partial charge in [0.2, 0.25) is 5.95 Å². The van der Waals surface area contributed by atoms with Crippen LogP contribution in [-0.2, 0) is 11.8 Å². The van der Waals surface area contributed by atoms with E-state index in [0.29, 0.717) is 11.0 Å². The van der Waals surface area contributed by atoms with Crippen molar-refractivity contribution in [2.24, 2.45) is 7.05 Å². The fourth-order valence-electron chi connectivity index (χ4n) is 3.63. The topological polar surface area (TPSA) is 55.2 Å². The summed E-state index contributed by atoms with van der Waals surface area (Å²) < 4.78 is 7.53. The third kappa shape index (κ3) is 3.70. The molecule has 0 radical (unpaired) electrons. The number of hydrogen-bond donors (Lipinski definition) is 1. The number of anilines is 3. The molecule has 0 spiro atoms. The lowest BCUT2D eigenvalue weighted by Crippen LogP contribution is -2.36. The molecule has 4 rings (SSSR count). The molecule has 28 heavy (non-hydrogen) atoms. The summed E-state index contributed by atoms with van der Waals surface area (Å²) in [6.45, 7) is 7.37. The van der Waals surface area contributed by atoms with E-state index in [1.54, 1.807) is 6.20 Å². The Balaban J connectivity index is 1.57. The maximum atomic E-state index is 6.53. The summed E-state index contributed by atoms with van der Waals surface area (Å²) in [5.74, 6) is 0.551. The zero-order chi connectivity index (χ0) is 19.7. The van der Waals surface area contributed by atoms with Crippen LogP contribution < -0.4 is 10.2 Å². The van der Waals surface area contributed by atoms with Crippen LogP contribution in [0.2, 0.25) is 5.02 Å². The molecule has 1 aliphatic rings. The molecule has 7 heteroatoms. The molecule has 0 atom stereocenters. The second-order valence-corrected chi connectivity index (χ2v) is 7.45. The van der Waals surface area contributed by atoms with Crippen molar-refractivity contribution in [3.8, 4) is 11.3 Å². The van der Waals surface area contributed by atoms with Crippen molar-refractivity contribution < 1.29 is 4.74 Å². The molecule has 1 N–H and O–H groups in total. The molecule has 146 valence electrons. The zero-order valence-corrected chi connectivity index (χ0v) is 17.1. The maximum Gasteiger partial charge on any atom is 0.227 e. The van der Waals surface area contributed by atoms with E-state index in [-0.39, 0.29) is 0 Å². The first-order chi connectivity index (χ1) is 13.5. The van der Waals surface area contributed by atoms with Gasteiger partial charge in [0.25, 0.3) is 0 Å². The number of aromatic nitrogens is 3. The third-order valence-electron chi connectivity index (χ3n) is 5.14. The van der Waals surface area contributed by atoms with E-state index in [1.165, 1.54) is 11.3 Å². The molecule has 0 bridgehead atoms. The van der Waals surface area contributed by atoms with Crippen molar-refractivity contribution in [1.82, 2.24) is 14.5 Å². The van der Waals surface area contributed by atoms with Crippen molar-refractivity contribution in [2.45, 2.75) is 13.8 Å². The first-order valence-corrected chi connectivity index (χ1v) is 9.76. The highest BCUT2D eigenvalue weighted by Crippen LogP contribution is 2.31. The minimum atomic E-state index is 0.551. The van der Waals surface area contributed by atoms with Gasteiger partial charge in [-0.1, -0.05) is 11.6 Å². The fourth-order valence-corrected chi connectivity index (χ4v) is 3.93. The highest BCUT2D eigenvalue weighted by atomic mass is 35.5. The molecule has 0 amide bonds. The van der Waals surface area contributed by atoms with Crippen molar-refractivity contribution in [1.29, 1.82) is 0 Å². The van der Waals surface area contributed by atoms with Gasteiger partial charge in [0.15, 0.2) is 0 Å². The van der Waals surface area contributed by atoms with Crippen LogP contribution in [0, 0.1) is 13.8 Å². The highest BCUT2D eigenvalue weighted by molar-refractivity contribution is 6.33. The fraction of sp³-hybridized carbons (Fsp3) is 0.333. The van der Waals surface area contributed by atoms with Crippen molar-refractivity contribution >= 4 is 28.9 Å². The number of ether oxygens (including phenoxy) is 1. The normalized spacial score (nSPS) is 14.4. The summed E-state index contributed by atoms with van der Waals surface area (Å²) in [5.41, 5.74) is 6.32. The van der Waals surface area contributed by atoms with Gasteiger partial charge in [-0.15, -0.1) is 0 Å². The molecular weight excluding hydrogens is 374 g/mol. The Morgan fingerprint density at radius 1 is 1.14 bits per heavy atom. The van der Waals surface area contributed by atoms with Crippen LogP contribution in [0.3, 0.4) is 0 Å². The van der Waals surface area contributed by atoms with Gasteiger partial charge in [0.05, 0.1) is 29.6 Å². The van der Waals surface area contributed by atoms with Gasteiger partial charge in [0, 0.05) is 49.5 Å². The number of benzene rings is 1. The standard InChI is InChI=1S/C21H24ClN5O/c1-14-13-26(3)15(2)20(14)18-6-7-23-21(25-18)24-16-4-5-19(17(22)12-16)27-8-10-28-11-9-27/h4-7,12-13H,8-11H2,1-3H3,(H,23,24,25). The predicted molar refractivity (Wildman–Crippen MR) is 114 cm³/mol. The highest BCUT2D eigenvalue weighted by Gasteiger charge is 2.15. The lowest BCUT2D eigenvalue weighted by molar-refractivity contribution is 0.122. The molecule has 1 saturated heterocycles. The Kier molecular flexibility index (Phi) is 5.24. The second-order valence-electron chi connectivity index (χ2n) is 7.04. The van der Waals surface area contributed by atoms with Gasteiger partial charge >= 0.3 is 0 Å². The summed E-state index contributed by atoms with van der Waals surface area (Å²) in [4.78, 5) is 11.3. The summed E-state index contributed by atoms with van der Waals surface area (Å²) in [5, 5.41) is 3.98. The largest absolute Gasteiger partial charge is 0.378 e. The van der Waals surface area contributed by atoms with Crippen molar-refractivity contribution in [3.05, 3.63) is 52.9 Å². The molecule has 2 aromatic heterocycles. The van der Waals surface area contributed by atoms with Gasteiger partial charge in [-0.05, 0) is 43.7 Å². The Hall–Kier alpha value is -2.57. The monoisotopic (exact) mass is 397 g/mol. The van der Waals surface area contributed by atoms with E-state index in [1.807, 2.05) is 31.3 Å². The number of nitrogens with zero attached hydrogens (tertiary/aromatic N) is 4. The van der Waals surface area contributed by atoms with Crippen LogP contribution >= 0.6 is 11.6 Å². The summed E-state index contributed by atoms with van der Waals surface area (Å²) in [6, 6.07) is 7.90. The lowest BCUT2D eigenvalue weighted by Gasteiger charge is -2.29. The summed E-state index contributed by atoms with van der Waals surface area (Å²) in [7, 11) is 2.05. The summed E-state index contributed by atoms with van der Waals surface area (Å²) in [6.07, 6.45) is 3.89. The van der Waals surface area contributed by atoms with Crippen LogP contribution in [0.1, 0.15) is 11.3 Å². The number of morpholine rings is 1. The number of rotatable bonds is 4. The average Bonchev–Trinajstić information content (AvgIpc) is 2.94. The molecule has 0 unspecified atom stereocenters. The Morgan fingerprint density at radius 2 is 1.93 bits per heavy atom. The molecule has 1 aromatic carbocycles. The van der Waals surface area contributed by atoms with E-state index < -0.39 is 0 Å². The Bertz CT molecular complexity index is 994. The number of aryl methyl sites for hydroxylation is 2. The maximum absolute atomic E-state index is 6.53. The van der Waals surface area contributed by atoms with Gasteiger partial charge in [-0.2, -0.15) is 0 Å². The van der Waals surface area contributed by atoms with Crippen LogP contribution in [0.25, 0.3) is 11.3 Å². The lowest BCUT2D eigenvalue weighted by atomic mass is 10.1. The van der Waals surface area contributed by atoms with Crippen LogP contribution in [-0.4, -0.2) is 40.8 Å². The molecule has 0 saturated carbocycles. The van der Waals surface area contributed by atoms with E-state index in [0.717, 1.165) is 48.9 Å². The van der Waals surface area contributed by atoms with Crippen molar-refractivity contribution in [2.75, 3.05) is 36.5 Å². The molecule has 3 aromatic rings. The minimum absolute atomic E-state index is 0.551. The molecule has 1 fully saturated rings. The Morgan fingerprint density at radius 3 is 2.61 bits per heavy atom. The van der Waals surface area contributed by atoms with Gasteiger partial charge < -0.3 is 19.5 Å². The zero-order valence-electron chi connectivity index (χ0n) is 16.4. The van der Waals surface area contributed by atoms with E-state index in [2.05, 4.69) is 39.8 Å². The van der Waals surface area contributed by atoms with E-state index in [9.17, 15) is 0 Å². The molecule has 6 nitrogen and oxygen atoms in total. The van der Waals surface area contributed by atoms with E-state index in [4.69, 9.17) is 21.3 Å². The number of nitrogens with one attached hydrogen (secondary N) is 1. The van der Waals surface area contributed by atoms with E-state index >= 15 is 0 Å². The van der Waals surface area contributed by atoms with Crippen LogP contribution in [0.5, 0.6) is 0 Å². The quantitative estimate of drug-likeness (QED) is 0.710. The molecular formula is C21H24ClN5O. The average molecular weight is 398 g/mol. The first kappa shape index (κ1) is 18.8. The van der Waals surface area contributed by atoms with Crippen LogP contribution in [0.15, 0.2) is 36.7 Å². The molecule has 3 heterocycles. The molecule has 0 aliphatic carbocycles. The van der Waals surface area contributed by atoms with Crippen LogP contribution in [0.4, 0.5) is 17.3 Å². The van der Waals surface area contributed by atoms with Gasteiger partial charge in [0.1, 0.15) is 0 Å². The minimum Gasteiger partial charge on any atom is -0.378 e. The van der Waals surface area contributed by atoms with Gasteiger partial charge in [-0.25, -0.2) is 9.97 Å². The smallest absolute Gasteiger partial charge is 0.227 e. The number of halogens is 1. The van der Waals surface area contributed by atoms with Crippen molar-refractivity contribution in [3.63, 3.8) is 0 Å². The second kappa shape index (κ2) is 7.81. The first-order valence-electron chi connectivity index (χ1n) is 9.38.